The van der Waals surface area contributed by atoms with Gasteiger partial charge in [-0.15, -0.1) is 5.10 Å². The highest BCUT2D eigenvalue weighted by atomic mass is 16.5. The van der Waals surface area contributed by atoms with E-state index in [1.165, 1.54) is 24.6 Å². The van der Waals surface area contributed by atoms with E-state index in [-0.39, 0.29) is 12.6 Å². The fourth-order valence-electron chi connectivity index (χ4n) is 4.19. The number of aromatic nitrogens is 4. The molecule has 10 heteroatoms. The van der Waals surface area contributed by atoms with Gasteiger partial charge in [0.25, 0.3) is 0 Å². The van der Waals surface area contributed by atoms with Gasteiger partial charge in [-0.05, 0) is 72.3 Å². The zero-order chi connectivity index (χ0) is 22.2. The first-order valence-electron chi connectivity index (χ1n) is 10.6. The fourth-order valence-corrected chi connectivity index (χ4v) is 4.19. The lowest BCUT2D eigenvalue weighted by Crippen LogP contribution is -2.34. The number of rotatable bonds is 10. The molecule has 3 N–H and O–H groups in total. The van der Waals surface area contributed by atoms with E-state index in [1.54, 1.807) is 14.2 Å². The third-order valence-electron chi connectivity index (χ3n) is 5.90. The molecule has 0 amide bonds. The van der Waals surface area contributed by atoms with Crippen LogP contribution < -0.4 is 20.5 Å². The molecule has 0 aliphatic heterocycles. The Morgan fingerprint density at radius 3 is 2.71 bits per heavy atom. The van der Waals surface area contributed by atoms with Gasteiger partial charge in [0.2, 0.25) is 0 Å². The van der Waals surface area contributed by atoms with E-state index in [9.17, 15) is 4.79 Å². The van der Waals surface area contributed by atoms with Gasteiger partial charge < -0.3 is 25.3 Å². The average molecular weight is 433 g/mol. The standard InChI is InChI=1S/C21H32N6O4/c1-29-17-8-7-16(10-18(17)30-2)20(21-24-25-26-27(21)13-19(28)31-3)23-12-15-6-4-5-14(9-15)11-22/h7-8,10,14-15,20,23H,4-6,9,11-13,22H2,1-3H3. The van der Waals surface area contributed by atoms with E-state index in [0.29, 0.717) is 29.2 Å². The van der Waals surface area contributed by atoms with Gasteiger partial charge in [-0.25, -0.2) is 4.68 Å². The Morgan fingerprint density at radius 1 is 1.23 bits per heavy atom. The van der Waals surface area contributed by atoms with E-state index in [0.717, 1.165) is 31.5 Å². The predicted molar refractivity (Wildman–Crippen MR) is 114 cm³/mol. The number of tetrazole rings is 1. The second kappa shape index (κ2) is 11.1. The van der Waals surface area contributed by atoms with Crippen LogP contribution in [0, 0.1) is 11.8 Å². The Kier molecular flexibility index (Phi) is 8.19. The number of carbonyl (C=O) groups excluding carboxylic acids is 1. The van der Waals surface area contributed by atoms with Crippen LogP contribution in [0.4, 0.5) is 0 Å². The summed E-state index contributed by atoms with van der Waals surface area (Å²) in [7, 11) is 4.54. The molecule has 10 nitrogen and oxygen atoms in total. The molecule has 2 aromatic rings. The van der Waals surface area contributed by atoms with Crippen molar-refractivity contribution >= 4 is 5.97 Å². The largest absolute Gasteiger partial charge is 0.493 e. The molecule has 0 radical (unpaired) electrons. The number of nitrogens with two attached hydrogens (primary N) is 1. The number of ether oxygens (including phenoxy) is 3. The Hall–Kier alpha value is -2.72. The molecule has 1 heterocycles. The van der Waals surface area contributed by atoms with Crippen LogP contribution in [-0.2, 0) is 16.1 Å². The number of carbonyl (C=O) groups is 1. The highest BCUT2D eigenvalue weighted by Crippen LogP contribution is 2.33. The van der Waals surface area contributed by atoms with Gasteiger partial charge in [0.1, 0.15) is 6.54 Å². The zero-order valence-electron chi connectivity index (χ0n) is 18.4. The Labute approximate surface area is 182 Å². The van der Waals surface area contributed by atoms with E-state index < -0.39 is 5.97 Å². The summed E-state index contributed by atoms with van der Waals surface area (Å²) in [5.41, 5.74) is 6.82. The van der Waals surface area contributed by atoms with E-state index in [4.69, 9.17) is 19.9 Å². The van der Waals surface area contributed by atoms with Crippen LogP contribution in [0.5, 0.6) is 11.5 Å². The molecule has 1 aromatic heterocycles. The number of hydrogen-bond acceptors (Lipinski definition) is 9. The van der Waals surface area contributed by atoms with Crippen molar-refractivity contribution in [1.82, 2.24) is 25.5 Å². The quantitative estimate of drug-likeness (QED) is 0.534. The maximum absolute atomic E-state index is 11.8. The van der Waals surface area contributed by atoms with Gasteiger partial charge in [-0.2, -0.15) is 0 Å². The highest BCUT2D eigenvalue weighted by Gasteiger charge is 2.26. The highest BCUT2D eigenvalue weighted by molar-refractivity contribution is 5.68. The van der Waals surface area contributed by atoms with Crippen molar-refractivity contribution in [3.8, 4) is 11.5 Å². The number of nitrogens with one attached hydrogen (secondary N) is 1. The first-order valence-corrected chi connectivity index (χ1v) is 10.6. The van der Waals surface area contributed by atoms with Crippen LogP contribution in [0.25, 0.3) is 0 Å². The van der Waals surface area contributed by atoms with Gasteiger partial charge in [0, 0.05) is 0 Å². The van der Waals surface area contributed by atoms with E-state index in [2.05, 4.69) is 20.8 Å². The summed E-state index contributed by atoms with van der Waals surface area (Å²) in [6.45, 7) is 1.45. The molecule has 0 bridgehead atoms. The summed E-state index contributed by atoms with van der Waals surface area (Å²) in [6, 6.07) is 5.36. The molecule has 31 heavy (non-hydrogen) atoms. The number of methoxy groups -OCH3 is 3. The zero-order valence-corrected chi connectivity index (χ0v) is 18.4. The van der Waals surface area contributed by atoms with Gasteiger partial charge >= 0.3 is 5.97 Å². The molecule has 1 aliphatic rings. The van der Waals surface area contributed by atoms with Gasteiger partial charge in [0.15, 0.2) is 17.3 Å². The van der Waals surface area contributed by atoms with Crippen molar-refractivity contribution in [3.05, 3.63) is 29.6 Å². The number of hydrogen-bond donors (Lipinski definition) is 2. The van der Waals surface area contributed by atoms with Gasteiger partial charge in [0.05, 0.1) is 27.4 Å². The lowest BCUT2D eigenvalue weighted by Gasteiger charge is -2.30. The molecule has 0 saturated heterocycles. The fraction of sp³-hybridized carbons (Fsp3) is 0.619. The molecule has 1 aromatic carbocycles. The van der Waals surface area contributed by atoms with Crippen LogP contribution >= 0.6 is 0 Å². The van der Waals surface area contributed by atoms with Crippen molar-refractivity contribution in [1.29, 1.82) is 0 Å². The SMILES string of the molecule is COC(=O)Cn1nnnc1C(NCC1CCCC(CN)C1)c1ccc(OC)c(OC)c1. The average Bonchev–Trinajstić information content (AvgIpc) is 3.26. The maximum atomic E-state index is 11.8. The molecular formula is C21H32N6O4. The van der Waals surface area contributed by atoms with Crippen molar-refractivity contribution in [2.75, 3.05) is 34.4 Å². The molecule has 3 rings (SSSR count). The minimum absolute atomic E-state index is 0.0665. The number of esters is 1. The third-order valence-corrected chi connectivity index (χ3v) is 5.90. The van der Waals surface area contributed by atoms with E-state index >= 15 is 0 Å². The molecule has 3 unspecified atom stereocenters. The second-order valence-corrected chi connectivity index (χ2v) is 7.86. The molecule has 3 atom stereocenters. The molecular weight excluding hydrogens is 400 g/mol. The summed E-state index contributed by atoms with van der Waals surface area (Å²) in [6.07, 6.45) is 4.66. The third kappa shape index (κ3) is 5.71. The predicted octanol–water partition coefficient (Wildman–Crippen LogP) is 1.31. The van der Waals surface area contributed by atoms with Crippen molar-refractivity contribution < 1.29 is 19.0 Å². The van der Waals surface area contributed by atoms with Crippen LogP contribution in [0.2, 0.25) is 0 Å². The summed E-state index contributed by atoms with van der Waals surface area (Å²) >= 11 is 0. The monoisotopic (exact) mass is 432 g/mol. The Balaban J connectivity index is 1.88. The van der Waals surface area contributed by atoms with Gasteiger partial charge in [-0.1, -0.05) is 12.5 Å². The number of nitrogens with zero attached hydrogens (tertiary/aromatic N) is 4. The van der Waals surface area contributed by atoms with Crippen LogP contribution in [-0.4, -0.2) is 60.6 Å². The molecule has 0 spiro atoms. The maximum Gasteiger partial charge on any atom is 0.327 e. The second-order valence-electron chi connectivity index (χ2n) is 7.86. The summed E-state index contributed by atoms with van der Waals surface area (Å²) in [5.74, 6) is 2.46. The summed E-state index contributed by atoms with van der Waals surface area (Å²) < 4.78 is 17.1. The number of benzene rings is 1. The molecule has 170 valence electrons. The van der Waals surface area contributed by atoms with E-state index in [1.807, 2.05) is 18.2 Å². The van der Waals surface area contributed by atoms with Crippen LogP contribution in [0.3, 0.4) is 0 Å². The Bertz CT molecular complexity index is 858. The van der Waals surface area contributed by atoms with Crippen molar-refractivity contribution in [2.45, 2.75) is 38.3 Å². The lowest BCUT2D eigenvalue weighted by molar-refractivity contribution is -0.141. The minimum Gasteiger partial charge on any atom is -0.493 e. The normalized spacial score (nSPS) is 19.6. The van der Waals surface area contributed by atoms with Crippen LogP contribution in [0.1, 0.15) is 43.1 Å². The van der Waals surface area contributed by atoms with Crippen molar-refractivity contribution in [3.63, 3.8) is 0 Å². The molecule has 1 fully saturated rings. The summed E-state index contributed by atoms with van der Waals surface area (Å²) in [5, 5.41) is 15.6. The molecule has 1 aliphatic carbocycles. The minimum atomic E-state index is -0.419. The summed E-state index contributed by atoms with van der Waals surface area (Å²) in [4.78, 5) is 11.8. The first-order chi connectivity index (χ1) is 15.1. The van der Waals surface area contributed by atoms with Crippen molar-refractivity contribution in [2.24, 2.45) is 17.6 Å². The van der Waals surface area contributed by atoms with Gasteiger partial charge in [-0.3, -0.25) is 4.79 Å². The lowest BCUT2D eigenvalue weighted by atomic mass is 9.81. The smallest absolute Gasteiger partial charge is 0.327 e. The Morgan fingerprint density at radius 2 is 2.00 bits per heavy atom. The molecule has 1 saturated carbocycles. The topological polar surface area (TPSA) is 126 Å². The van der Waals surface area contributed by atoms with Crippen LogP contribution in [0.15, 0.2) is 18.2 Å². The first kappa shape index (κ1) is 23.0.